The number of oxazole rings is 1. The lowest BCUT2D eigenvalue weighted by molar-refractivity contribution is -0.175. The minimum atomic E-state index is -5.20. The average molecular weight is 650 g/mol. The number of nitrogens with one attached hydrogen (secondary N) is 3. The van der Waals surface area contributed by atoms with Crippen LogP contribution in [0.15, 0.2) is 22.6 Å². The highest BCUT2D eigenvalue weighted by atomic mass is 19.4. The van der Waals surface area contributed by atoms with Crippen molar-refractivity contribution >= 4 is 40.5 Å². The molecule has 12 nitrogen and oxygen atoms in total. The van der Waals surface area contributed by atoms with E-state index in [1.165, 1.54) is 18.7 Å². The third kappa shape index (κ3) is 6.54. The molecule has 0 radical (unpaired) electrons. The van der Waals surface area contributed by atoms with Crippen molar-refractivity contribution in [2.75, 3.05) is 19.7 Å². The quantitative estimate of drug-likeness (QED) is 0.334. The van der Waals surface area contributed by atoms with Crippen LogP contribution in [0.5, 0.6) is 6.08 Å². The summed E-state index contributed by atoms with van der Waals surface area (Å²) in [6, 6.07) is 1.53. The number of hydrogen-bond acceptors (Lipinski definition) is 8. The molecule has 0 spiro atoms. The van der Waals surface area contributed by atoms with Gasteiger partial charge in [0, 0.05) is 19.0 Å². The molecule has 6 atom stereocenters. The topological polar surface area (TPSA) is 160 Å². The molecule has 1 saturated carbocycles. The second-order valence-electron chi connectivity index (χ2n) is 13.4. The molecule has 2 saturated heterocycles. The zero-order valence-electron chi connectivity index (χ0n) is 26.2. The third-order valence-electron chi connectivity index (χ3n) is 9.49. The molecule has 3 fully saturated rings. The van der Waals surface area contributed by atoms with Gasteiger partial charge in [0.25, 0.3) is 0 Å². The molecule has 4 amide bonds. The maximum atomic E-state index is 14.0. The first-order chi connectivity index (χ1) is 21.5. The Morgan fingerprint density at radius 3 is 2.54 bits per heavy atom. The summed E-state index contributed by atoms with van der Waals surface area (Å²) in [5.74, 6) is -6.28. The molecule has 250 valence electrons. The molecule has 5 rings (SSSR count). The predicted molar refractivity (Wildman–Crippen MR) is 156 cm³/mol. The van der Waals surface area contributed by atoms with Gasteiger partial charge in [-0.2, -0.15) is 18.2 Å². The summed E-state index contributed by atoms with van der Waals surface area (Å²) in [7, 11) is 0. The Labute approximate surface area is 263 Å². The zero-order chi connectivity index (χ0) is 33.7. The first-order valence-corrected chi connectivity index (χ1v) is 15.3. The molecule has 1 aromatic carbocycles. The number of nitrogens with zero attached hydrogens (tertiary/aromatic N) is 2. The molecule has 1 aromatic heterocycles. The maximum Gasteiger partial charge on any atom is 0.471 e. The molecule has 3 heterocycles. The summed E-state index contributed by atoms with van der Waals surface area (Å²) in [5, 5.41) is 7.22. The number of aromatic nitrogens is 1. The third-order valence-corrected chi connectivity index (χ3v) is 9.49. The van der Waals surface area contributed by atoms with Crippen molar-refractivity contribution in [1.29, 1.82) is 0 Å². The van der Waals surface area contributed by atoms with Crippen LogP contribution in [-0.4, -0.2) is 83.3 Å². The Bertz CT molecular complexity index is 1550. The van der Waals surface area contributed by atoms with Crippen LogP contribution >= 0.6 is 0 Å². The Kier molecular flexibility index (Phi) is 8.81. The van der Waals surface area contributed by atoms with E-state index in [9.17, 15) is 37.1 Å². The van der Waals surface area contributed by atoms with Crippen molar-refractivity contribution in [2.24, 2.45) is 29.1 Å². The second kappa shape index (κ2) is 12.2. The molecule has 1 aliphatic carbocycles. The van der Waals surface area contributed by atoms with Gasteiger partial charge in [-0.25, -0.2) is 0 Å². The molecule has 3 N–H and O–H groups in total. The van der Waals surface area contributed by atoms with E-state index in [1.54, 1.807) is 17.4 Å². The van der Waals surface area contributed by atoms with Crippen molar-refractivity contribution in [1.82, 2.24) is 25.8 Å². The fourth-order valence-corrected chi connectivity index (χ4v) is 6.72. The average Bonchev–Trinajstić information content (AvgIpc) is 3.46. The van der Waals surface area contributed by atoms with Gasteiger partial charge in [0.1, 0.15) is 17.6 Å². The molecule has 0 bridgehead atoms. The summed E-state index contributed by atoms with van der Waals surface area (Å²) >= 11 is 0. The number of hydrogen-bond donors (Lipinski definition) is 3. The van der Waals surface area contributed by atoms with Crippen LogP contribution in [0.1, 0.15) is 46.1 Å². The number of rotatable bonds is 11. The summed E-state index contributed by atoms with van der Waals surface area (Å²) in [4.78, 5) is 70.7. The zero-order valence-corrected chi connectivity index (χ0v) is 26.2. The molecular formula is C31H38F3N5O7. The summed E-state index contributed by atoms with van der Waals surface area (Å²) in [6.07, 6.45) is -4.92. The summed E-state index contributed by atoms with van der Waals surface area (Å²) in [6.45, 7) is 8.71. The lowest BCUT2D eigenvalue weighted by atomic mass is 9.94. The Morgan fingerprint density at radius 2 is 1.91 bits per heavy atom. The standard InChI is InChI=1S/C31H38F3N5O7/c1-14(2)23(38-28(44)31(32,33)34)27(43)39-12-17-22(30(17,4)5)24(39)26(42)36-19(11-16-8-9-35-25(16)41)20(40)13-45-29-37-18-7-6-15(3)10-21(18)46-29/h6-7,10,14,16-17,19,22-24H,8-9,11-13H2,1-5H3,(H,35,41)(H,36,42)(H,38,44)/t16-,17-,19-,22-,23-,24-/m0/s1. The van der Waals surface area contributed by atoms with E-state index >= 15 is 0 Å². The van der Waals surface area contributed by atoms with E-state index in [0.29, 0.717) is 24.1 Å². The van der Waals surface area contributed by atoms with Gasteiger partial charge < -0.3 is 30.0 Å². The van der Waals surface area contributed by atoms with Gasteiger partial charge in [0.05, 0.1) is 6.04 Å². The minimum Gasteiger partial charge on any atom is -0.442 e. The van der Waals surface area contributed by atoms with E-state index in [0.717, 1.165) is 5.56 Å². The number of ketones is 1. The summed E-state index contributed by atoms with van der Waals surface area (Å²) < 4.78 is 50.3. The highest BCUT2D eigenvalue weighted by molar-refractivity contribution is 5.97. The number of fused-ring (bicyclic) bond motifs is 2. The molecule has 3 aliphatic rings. The van der Waals surface area contributed by atoms with Crippen LogP contribution in [0, 0.1) is 36.0 Å². The van der Waals surface area contributed by atoms with Crippen molar-refractivity contribution in [3.63, 3.8) is 0 Å². The fraction of sp³-hybridized carbons (Fsp3) is 0.613. The molecule has 2 aromatic rings. The largest absolute Gasteiger partial charge is 0.471 e. The van der Waals surface area contributed by atoms with Crippen LogP contribution in [-0.2, 0) is 24.0 Å². The molecular weight excluding hydrogens is 611 g/mol. The SMILES string of the molecule is Cc1ccc2nc(OCC(=O)[C@H](C[C@@H]3CCNC3=O)NC(=O)[C@@H]3[C@@H]4[C@H](CN3C(=O)[C@@H](NC(=O)C(F)(F)F)C(C)C)C4(C)C)oc2c1. The number of likely N-dealkylation sites (tertiary alicyclic amines) is 1. The van der Waals surface area contributed by atoms with E-state index < -0.39 is 66.2 Å². The Morgan fingerprint density at radius 1 is 1.20 bits per heavy atom. The smallest absolute Gasteiger partial charge is 0.442 e. The predicted octanol–water partition coefficient (Wildman–Crippen LogP) is 2.28. The first-order valence-electron chi connectivity index (χ1n) is 15.3. The number of aryl methyl sites for hydroxylation is 1. The van der Waals surface area contributed by atoms with E-state index in [4.69, 9.17) is 9.15 Å². The van der Waals surface area contributed by atoms with Gasteiger partial charge in [-0.3, -0.25) is 24.0 Å². The number of carbonyl (C=O) groups is 5. The van der Waals surface area contributed by atoms with Gasteiger partial charge in [-0.1, -0.05) is 33.8 Å². The van der Waals surface area contributed by atoms with Gasteiger partial charge >= 0.3 is 18.2 Å². The van der Waals surface area contributed by atoms with Crippen LogP contribution in [0.4, 0.5) is 13.2 Å². The number of amides is 4. The number of benzene rings is 1. The number of ether oxygens (including phenoxy) is 1. The van der Waals surface area contributed by atoms with Crippen molar-refractivity contribution < 1.29 is 46.3 Å². The summed E-state index contributed by atoms with van der Waals surface area (Å²) in [5.41, 5.74) is 1.58. The van der Waals surface area contributed by atoms with Gasteiger partial charge in [0.15, 0.2) is 18.0 Å². The second-order valence-corrected chi connectivity index (χ2v) is 13.4. The van der Waals surface area contributed by atoms with Crippen molar-refractivity contribution in [3.05, 3.63) is 23.8 Å². The monoisotopic (exact) mass is 649 g/mol. The van der Waals surface area contributed by atoms with E-state index in [2.05, 4.69) is 15.6 Å². The van der Waals surface area contributed by atoms with E-state index in [1.807, 2.05) is 26.8 Å². The molecule has 2 aliphatic heterocycles. The highest BCUT2D eigenvalue weighted by Crippen LogP contribution is 2.65. The number of piperidine rings is 1. The number of carbonyl (C=O) groups excluding carboxylic acids is 5. The number of alkyl halides is 3. The van der Waals surface area contributed by atoms with Crippen LogP contribution < -0.4 is 20.7 Å². The number of halogens is 3. The lowest BCUT2D eigenvalue weighted by Gasteiger charge is -2.35. The Hall–Kier alpha value is -4.17. The van der Waals surface area contributed by atoms with Gasteiger partial charge in [0.2, 0.25) is 17.7 Å². The van der Waals surface area contributed by atoms with Crippen LogP contribution in [0.25, 0.3) is 11.1 Å². The number of Topliss-reactive ketones (excluding diaryl/α,β-unsaturated/α-hetero) is 1. The van der Waals surface area contributed by atoms with Crippen LogP contribution in [0.3, 0.4) is 0 Å². The minimum absolute atomic E-state index is 0.0269. The highest BCUT2D eigenvalue weighted by Gasteiger charge is 2.69. The first kappa shape index (κ1) is 33.2. The van der Waals surface area contributed by atoms with Gasteiger partial charge in [-0.05, 0) is 60.6 Å². The molecule has 0 unspecified atom stereocenters. The fourth-order valence-electron chi connectivity index (χ4n) is 6.72. The van der Waals surface area contributed by atoms with E-state index in [-0.39, 0.29) is 42.2 Å². The van der Waals surface area contributed by atoms with Crippen molar-refractivity contribution in [2.45, 2.75) is 71.8 Å². The lowest BCUT2D eigenvalue weighted by Crippen LogP contribution is -2.59. The normalized spacial score (nSPS) is 24.7. The van der Waals surface area contributed by atoms with Crippen molar-refractivity contribution in [3.8, 4) is 6.08 Å². The maximum absolute atomic E-state index is 14.0. The molecule has 46 heavy (non-hydrogen) atoms. The van der Waals surface area contributed by atoms with Gasteiger partial charge in [-0.15, -0.1) is 0 Å². The van der Waals surface area contributed by atoms with Crippen LogP contribution in [0.2, 0.25) is 0 Å². The Balaban J connectivity index is 1.34. The molecule has 15 heteroatoms.